The van der Waals surface area contributed by atoms with Gasteiger partial charge in [0.25, 0.3) is 11.8 Å². The predicted octanol–water partition coefficient (Wildman–Crippen LogP) is 3.67. The maximum atomic E-state index is 12.7. The normalized spacial score (nSPS) is 16.5. The van der Waals surface area contributed by atoms with Gasteiger partial charge in [-0.3, -0.25) is 9.59 Å². The van der Waals surface area contributed by atoms with Crippen LogP contribution in [-0.4, -0.2) is 24.5 Å². The molecule has 0 radical (unpaired) electrons. The number of rotatable bonds is 4. The van der Waals surface area contributed by atoms with E-state index in [1.54, 1.807) is 24.3 Å². The summed E-state index contributed by atoms with van der Waals surface area (Å²) in [4.78, 5) is 25.0. The van der Waals surface area contributed by atoms with E-state index in [-0.39, 0.29) is 11.8 Å². The van der Waals surface area contributed by atoms with E-state index in [2.05, 4.69) is 10.6 Å². The highest BCUT2D eigenvalue weighted by molar-refractivity contribution is 6.10. The van der Waals surface area contributed by atoms with Gasteiger partial charge in [0.15, 0.2) is 0 Å². The van der Waals surface area contributed by atoms with Gasteiger partial charge < -0.3 is 15.4 Å². The lowest BCUT2D eigenvalue weighted by Gasteiger charge is -2.15. The summed E-state index contributed by atoms with van der Waals surface area (Å²) in [6.45, 7) is 4.57. The Balaban J connectivity index is 1.78. The Bertz CT molecular complexity index is 795. The van der Waals surface area contributed by atoms with Crippen LogP contribution in [0.15, 0.2) is 42.5 Å². The number of hydrogen-bond donors (Lipinski definition) is 2. The largest absolute Gasteiger partial charge is 0.368 e. The minimum atomic E-state index is -0.435. The van der Waals surface area contributed by atoms with Crippen LogP contribution in [0.1, 0.15) is 34.3 Å². The molecule has 25 heavy (non-hydrogen) atoms. The lowest BCUT2D eigenvalue weighted by atomic mass is 10.1. The summed E-state index contributed by atoms with van der Waals surface area (Å²) < 4.78 is 5.40. The number of para-hydroxylation sites is 1. The molecule has 5 heteroatoms. The Morgan fingerprint density at radius 3 is 2.52 bits per heavy atom. The van der Waals surface area contributed by atoms with Crippen molar-refractivity contribution in [3.05, 3.63) is 59.2 Å². The average molecular weight is 338 g/mol. The first-order valence-electron chi connectivity index (χ1n) is 8.45. The number of carbonyl (C=O) groups excluding carboxylic acids is 2. The number of amides is 2. The zero-order valence-electron chi connectivity index (χ0n) is 14.5. The molecule has 1 unspecified atom stereocenters. The van der Waals surface area contributed by atoms with Crippen LogP contribution in [0.5, 0.6) is 0 Å². The molecule has 2 aromatic carbocycles. The Labute approximate surface area is 147 Å². The number of nitrogens with one attached hydrogen (secondary N) is 2. The topological polar surface area (TPSA) is 67.4 Å². The van der Waals surface area contributed by atoms with Crippen molar-refractivity contribution in [2.24, 2.45) is 0 Å². The van der Waals surface area contributed by atoms with Crippen molar-refractivity contribution in [3.8, 4) is 0 Å². The first-order valence-corrected chi connectivity index (χ1v) is 8.45. The predicted molar refractivity (Wildman–Crippen MR) is 97.9 cm³/mol. The molecule has 130 valence electrons. The van der Waals surface area contributed by atoms with E-state index in [0.29, 0.717) is 24.3 Å². The molecule has 1 atom stereocenters. The van der Waals surface area contributed by atoms with Gasteiger partial charge in [-0.25, -0.2) is 0 Å². The van der Waals surface area contributed by atoms with E-state index in [1.807, 2.05) is 32.0 Å². The molecule has 1 aliphatic heterocycles. The van der Waals surface area contributed by atoms with Crippen molar-refractivity contribution in [2.45, 2.75) is 32.8 Å². The van der Waals surface area contributed by atoms with E-state index >= 15 is 0 Å². The average Bonchev–Trinajstić information content (AvgIpc) is 3.14. The standard InChI is InChI=1S/C20H22N2O3/c1-13-7-5-10-16(14(13)2)21-19(23)15-8-3-4-9-17(15)22-20(24)18-11-6-12-25-18/h3-5,7-10,18H,6,11-12H2,1-2H3,(H,21,23)(H,22,24). The van der Waals surface area contributed by atoms with Gasteiger partial charge in [-0.05, 0) is 56.0 Å². The van der Waals surface area contributed by atoms with Gasteiger partial charge >= 0.3 is 0 Å². The summed E-state index contributed by atoms with van der Waals surface area (Å²) in [6.07, 6.45) is 1.16. The van der Waals surface area contributed by atoms with Gasteiger partial charge in [0.1, 0.15) is 6.10 Å². The molecule has 0 aromatic heterocycles. The highest BCUT2D eigenvalue weighted by atomic mass is 16.5. The van der Waals surface area contributed by atoms with Crippen molar-refractivity contribution in [1.82, 2.24) is 0 Å². The molecule has 0 bridgehead atoms. The third-order valence-electron chi connectivity index (χ3n) is 4.50. The Hall–Kier alpha value is -2.66. The Kier molecular flexibility index (Phi) is 5.14. The molecule has 2 amide bonds. The van der Waals surface area contributed by atoms with E-state index in [1.165, 1.54) is 0 Å². The fraction of sp³-hybridized carbons (Fsp3) is 0.300. The minimum Gasteiger partial charge on any atom is -0.368 e. The van der Waals surface area contributed by atoms with Gasteiger partial charge in [0.05, 0.1) is 11.3 Å². The second-order valence-electron chi connectivity index (χ2n) is 6.24. The third kappa shape index (κ3) is 3.88. The van der Waals surface area contributed by atoms with Crippen LogP contribution in [-0.2, 0) is 9.53 Å². The fourth-order valence-corrected chi connectivity index (χ4v) is 2.86. The first-order chi connectivity index (χ1) is 12.1. The highest BCUT2D eigenvalue weighted by Crippen LogP contribution is 2.22. The molecule has 1 fully saturated rings. The third-order valence-corrected chi connectivity index (χ3v) is 4.50. The van der Waals surface area contributed by atoms with Crippen molar-refractivity contribution >= 4 is 23.2 Å². The van der Waals surface area contributed by atoms with Crippen LogP contribution in [0.25, 0.3) is 0 Å². The molecule has 2 aromatic rings. The number of carbonyl (C=O) groups is 2. The lowest BCUT2D eigenvalue weighted by molar-refractivity contribution is -0.124. The summed E-state index contributed by atoms with van der Waals surface area (Å²) in [7, 11) is 0. The van der Waals surface area contributed by atoms with Crippen molar-refractivity contribution < 1.29 is 14.3 Å². The van der Waals surface area contributed by atoms with Gasteiger partial charge in [-0.1, -0.05) is 24.3 Å². The quantitative estimate of drug-likeness (QED) is 0.894. The SMILES string of the molecule is Cc1cccc(NC(=O)c2ccccc2NC(=O)C2CCCO2)c1C. The molecule has 0 saturated carbocycles. The van der Waals surface area contributed by atoms with Gasteiger partial charge in [0, 0.05) is 12.3 Å². The molecule has 0 spiro atoms. The number of hydrogen-bond acceptors (Lipinski definition) is 3. The summed E-state index contributed by atoms with van der Waals surface area (Å²) in [5.74, 6) is -0.457. The van der Waals surface area contributed by atoms with Gasteiger partial charge in [-0.15, -0.1) is 0 Å². The number of aryl methyl sites for hydroxylation is 1. The minimum absolute atomic E-state index is 0.204. The molecular formula is C20H22N2O3. The maximum Gasteiger partial charge on any atom is 0.257 e. The van der Waals surface area contributed by atoms with E-state index in [4.69, 9.17) is 4.74 Å². The molecular weight excluding hydrogens is 316 g/mol. The summed E-state index contributed by atoms with van der Waals surface area (Å²) in [6, 6.07) is 12.8. The van der Waals surface area contributed by atoms with Crippen molar-refractivity contribution in [3.63, 3.8) is 0 Å². The fourth-order valence-electron chi connectivity index (χ4n) is 2.86. The van der Waals surface area contributed by atoms with E-state index in [9.17, 15) is 9.59 Å². The van der Waals surface area contributed by atoms with Crippen molar-refractivity contribution in [2.75, 3.05) is 17.2 Å². The Morgan fingerprint density at radius 2 is 1.76 bits per heavy atom. The van der Waals surface area contributed by atoms with Gasteiger partial charge in [-0.2, -0.15) is 0 Å². The zero-order chi connectivity index (χ0) is 17.8. The van der Waals surface area contributed by atoms with Crippen LogP contribution in [0.2, 0.25) is 0 Å². The van der Waals surface area contributed by atoms with Gasteiger partial charge in [0.2, 0.25) is 0 Å². The molecule has 5 nitrogen and oxygen atoms in total. The number of anilines is 2. The summed E-state index contributed by atoms with van der Waals surface area (Å²) in [5.41, 5.74) is 3.82. The monoisotopic (exact) mass is 338 g/mol. The number of benzene rings is 2. The van der Waals surface area contributed by atoms with Crippen LogP contribution in [0.4, 0.5) is 11.4 Å². The smallest absolute Gasteiger partial charge is 0.257 e. The lowest BCUT2D eigenvalue weighted by Crippen LogP contribution is -2.28. The van der Waals surface area contributed by atoms with Crippen LogP contribution < -0.4 is 10.6 Å². The summed E-state index contributed by atoms with van der Waals surface area (Å²) >= 11 is 0. The molecule has 1 aliphatic rings. The highest BCUT2D eigenvalue weighted by Gasteiger charge is 2.24. The molecule has 1 heterocycles. The van der Waals surface area contributed by atoms with Crippen LogP contribution in [0, 0.1) is 13.8 Å². The molecule has 3 rings (SSSR count). The van der Waals surface area contributed by atoms with E-state index < -0.39 is 6.10 Å². The molecule has 1 saturated heterocycles. The second-order valence-corrected chi connectivity index (χ2v) is 6.24. The summed E-state index contributed by atoms with van der Waals surface area (Å²) in [5, 5.41) is 5.75. The van der Waals surface area contributed by atoms with Crippen LogP contribution in [0.3, 0.4) is 0 Å². The second kappa shape index (κ2) is 7.49. The molecule has 0 aliphatic carbocycles. The Morgan fingerprint density at radius 1 is 1.00 bits per heavy atom. The van der Waals surface area contributed by atoms with Crippen LogP contribution >= 0.6 is 0 Å². The zero-order valence-corrected chi connectivity index (χ0v) is 14.5. The van der Waals surface area contributed by atoms with E-state index in [0.717, 1.165) is 23.2 Å². The maximum absolute atomic E-state index is 12.7. The number of ether oxygens (including phenoxy) is 1. The molecule has 2 N–H and O–H groups in total. The first kappa shape index (κ1) is 17.2. The van der Waals surface area contributed by atoms with Crippen molar-refractivity contribution in [1.29, 1.82) is 0 Å².